The summed E-state index contributed by atoms with van der Waals surface area (Å²) in [6.07, 6.45) is -3.61. The Labute approximate surface area is 319 Å². The van der Waals surface area contributed by atoms with Crippen molar-refractivity contribution in [3.05, 3.63) is 109 Å². The molecule has 3 N–H and O–H groups in total. The number of primary amides is 1. The second kappa shape index (κ2) is 13.0. The van der Waals surface area contributed by atoms with Crippen LogP contribution in [-0.4, -0.2) is 49.7 Å². The largest absolute Gasteiger partial charge is 0.368 e. The third kappa shape index (κ3) is 6.08. The van der Waals surface area contributed by atoms with E-state index >= 15 is 17.6 Å². The van der Waals surface area contributed by atoms with Gasteiger partial charge in [0.25, 0.3) is 17.9 Å². The van der Waals surface area contributed by atoms with Crippen molar-refractivity contribution in [1.82, 2.24) is 29.1 Å². The highest BCUT2D eigenvalue weighted by Gasteiger charge is 2.67. The highest BCUT2D eigenvalue weighted by molar-refractivity contribution is 7.92. The van der Waals surface area contributed by atoms with Gasteiger partial charge in [0.05, 0.1) is 33.8 Å². The number of nitrogens with one attached hydrogen (secondary N) is 1. The van der Waals surface area contributed by atoms with Gasteiger partial charge in [-0.3, -0.25) is 23.6 Å². The number of anilines is 1. The molecule has 3 aromatic heterocycles. The molecule has 57 heavy (non-hydrogen) atoms. The Morgan fingerprint density at radius 3 is 2.33 bits per heavy atom. The number of rotatable bonds is 10. The summed E-state index contributed by atoms with van der Waals surface area (Å²) in [6.45, 7) is 0. The molecule has 4 atom stereocenters. The van der Waals surface area contributed by atoms with E-state index in [9.17, 15) is 35.6 Å². The van der Waals surface area contributed by atoms with Crippen molar-refractivity contribution in [3.63, 3.8) is 0 Å². The first-order valence-electron chi connectivity index (χ1n) is 16.8. The minimum atomic E-state index is -4.02. The zero-order valence-electron chi connectivity index (χ0n) is 29.0. The number of carbonyl (C=O) groups is 1. The average molecular weight is 841 g/mol. The number of sulfonamides is 1. The third-order valence-corrected chi connectivity index (χ3v) is 11.0. The molecule has 3 heterocycles. The molecule has 1 amide bonds. The second-order valence-electron chi connectivity index (χ2n) is 13.9. The van der Waals surface area contributed by atoms with Crippen molar-refractivity contribution in [2.45, 2.75) is 43.1 Å². The maximum absolute atomic E-state index is 16.0. The van der Waals surface area contributed by atoms with E-state index in [1.807, 2.05) is 0 Å². The molecule has 0 saturated heterocycles. The van der Waals surface area contributed by atoms with Crippen molar-refractivity contribution in [3.8, 4) is 5.69 Å². The minimum absolute atomic E-state index is 0.136. The summed E-state index contributed by atoms with van der Waals surface area (Å²) in [5, 5.41) is 6.69. The number of hydrogen-bond acceptors (Lipinski definition) is 7. The number of alkyl halides is 4. The van der Waals surface area contributed by atoms with Gasteiger partial charge >= 0.3 is 0 Å². The molecule has 2 aliphatic rings. The molecule has 0 aliphatic heterocycles. The highest BCUT2D eigenvalue weighted by Crippen LogP contribution is 2.68. The van der Waals surface area contributed by atoms with Crippen LogP contribution in [-0.2, 0) is 34.2 Å². The number of amides is 1. The van der Waals surface area contributed by atoms with E-state index in [1.54, 1.807) is 0 Å². The van der Waals surface area contributed by atoms with Gasteiger partial charge in [-0.05, 0) is 60.7 Å². The van der Waals surface area contributed by atoms with E-state index in [0.29, 0.717) is 27.4 Å². The van der Waals surface area contributed by atoms with E-state index in [2.05, 4.69) is 19.9 Å². The van der Waals surface area contributed by atoms with Crippen LogP contribution in [0, 0.1) is 29.2 Å². The molecule has 3 aromatic carbocycles. The molecule has 0 bridgehead atoms. The van der Waals surface area contributed by atoms with E-state index in [0.717, 1.165) is 29.1 Å². The number of aryl methyl sites for hydroxylation is 1. The van der Waals surface area contributed by atoms with Crippen LogP contribution in [0.4, 0.5) is 40.9 Å². The van der Waals surface area contributed by atoms with E-state index in [4.69, 9.17) is 17.3 Å². The van der Waals surface area contributed by atoms with Gasteiger partial charge < -0.3 is 5.73 Å². The first-order valence-corrected chi connectivity index (χ1v) is 19.0. The fraction of sp³-hybridized carbons (Fsp3) is 0.286. The Balaban J connectivity index is 1.51. The van der Waals surface area contributed by atoms with Crippen molar-refractivity contribution in [2.24, 2.45) is 18.7 Å². The quantitative estimate of drug-likeness (QED) is 0.154. The Kier molecular flexibility index (Phi) is 8.72. The number of nitrogens with zero attached hydrogens (tertiary/aromatic N) is 6. The molecule has 22 heteroatoms. The molecule has 12 nitrogen and oxygen atoms in total. The number of benzene rings is 3. The Morgan fingerprint density at radius 2 is 1.70 bits per heavy atom. The number of fused-ring (bicyclic) bond motifs is 5. The van der Waals surface area contributed by atoms with Crippen LogP contribution in [0.25, 0.3) is 27.5 Å². The van der Waals surface area contributed by atoms with Gasteiger partial charge in [0.15, 0.2) is 5.82 Å². The van der Waals surface area contributed by atoms with Crippen molar-refractivity contribution >= 4 is 55.2 Å². The predicted octanol–water partition coefficient (Wildman–Crippen LogP) is 6.25. The summed E-state index contributed by atoms with van der Waals surface area (Å²) < 4.78 is 150. The van der Waals surface area contributed by atoms with Crippen LogP contribution in [0.2, 0.25) is 5.02 Å². The number of hydrogen-bond donors (Lipinski definition) is 2. The first-order chi connectivity index (χ1) is 26.7. The summed E-state index contributed by atoms with van der Waals surface area (Å²) in [5.74, 6) is -15.8. The lowest BCUT2D eigenvalue weighted by Crippen LogP contribution is -2.39. The van der Waals surface area contributed by atoms with Crippen LogP contribution in [0.3, 0.4) is 0 Å². The number of carbonyl (C=O) groups excluding carboxylic acids is 1. The summed E-state index contributed by atoms with van der Waals surface area (Å²) >= 11 is 6.50. The fourth-order valence-corrected chi connectivity index (χ4v) is 8.67. The fourth-order valence-electron chi connectivity index (χ4n) is 7.93. The first kappa shape index (κ1) is 38.3. The normalized spacial score (nSPS) is 18.2. The Hall–Kier alpha value is -5.57. The smallest absolute Gasteiger partial charge is 0.293 e. The maximum Gasteiger partial charge on any atom is 0.293 e. The molecular weight excluding hydrogens is 816 g/mol. The lowest BCUT2D eigenvalue weighted by Gasteiger charge is -2.30. The number of aromatic nitrogens is 6. The Bertz CT molecular complexity index is 2880. The lowest BCUT2D eigenvalue weighted by molar-refractivity contribution is -0.122. The zero-order valence-corrected chi connectivity index (χ0v) is 30.6. The molecule has 2 aliphatic carbocycles. The van der Waals surface area contributed by atoms with Crippen LogP contribution < -0.4 is 16.0 Å². The van der Waals surface area contributed by atoms with Gasteiger partial charge in [-0.2, -0.15) is 19.0 Å². The van der Waals surface area contributed by atoms with E-state index in [1.165, 1.54) is 13.1 Å². The molecule has 0 spiro atoms. The van der Waals surface area contributed by atoms with Gasteiger partial charge in [-0.15, -0.1) is 0 Å². The van der Waals surface area contributed by atoms with Crippen LogP contribution >= 0.6 is 11.6 Å². The van der Waals surface area contributed by atoms with E-state index < -0.39 is 121 Å². The minimum Gasteiger partial charge on any atom is -0.368 e. The molecular formula is C35H25ClF8N8O4S. The van der Waals surface area contributed by atoms with Crippen molar-refractivity contribution < 1.29 is 48.3 Å². The monoisotopic (exact) mass is 840 g/mol. The molecule has 8 rings (SSSR count). The third-order valence-electron chi connectivity index (χ3n) is 10.2. The lowest BCUT2D eigenvalue weighted by atomic mass is 9.89. The van der Waals surface area contributed by atoms with Gasteiger partial charge in [-0.25, -0.2) is 44.4 Å². The van der Waals surface area contributed by atoms with Crippen molar-refractivity contribution in [1.29, 1.82) is 0 Å². The topological polar surface area (TPSA) is 160 Å². The van der Waals surface area contributed by atoms with Crippen LogP contribution in [0.15, 0.2) is 47.3 Å². The SMILES string of the molecule is Cn1nc(NS(C)(=O)=O)c2c(Cl)ccc(-n3c([C@@H](Cc4cc(F)cc(F)c4)C(C(N)=O)n4nc(C(F)F)c5c4C(F)(F)[C@@H]4C[C@H]54)nc4c(F)ccc(F)c4c3=O)c21. The van der Waals surface area contributed by atoms with Gasteiger partial charge in [-0.1, -0.05) is 11.6 Å². The van der Waals surface area contributed by atoms with E-state index in [-0.39, 0.29) is 39.4 Å². The zero-order chi connectivity index (χ0) is 41.2. The van der Waals surface area contributed by atoms with Gasteiger partial charge in [0.1, 0.15) is 57.4 Å². The molecule has 298 valence electrons. The highest BCUT2D eigenvalue weighted by atomic mass is 35.5. The van der Waals surface area contributed by atoms with Crippen molar-refractivity contribution in [2.75, 3.05) is 11.0 Å². The van der Waals surface area contributed by atoms with Gasteiger partial charge in [0.2, 0.25) is 15.9 Å². The summed E-state index contributed by atoms with van der Waals surface area (Å²) in [5.41, 5.74) is 0.0905. The number of nitrogens with two attached hydrogens (primary N) is 1. The molecule has 1 unspecified atom stereocenters. The van der Waals surface area contributed by atoms with Crippen LogP contribution in [0.1, 0.15) is 59.1 Å². The second-order valence-corrected chi connectivity index (χ2v) is 16.1. The summed E-state index contributed by atoms with van der Waals surface area (Å²) in [7, 11) is -2.73. The average Bonchev–Trinajstić information content (AvgIpc) is 3.63. The maximum atomic E-state index is 16.0. The van der Waals surface area contributed by atoms with Crippen LogP contribution in [0.5, 0.6) is 0 Å². The predicted molar refractivity (Wildman–Crippen MR) is 188 cm³/mol. The summed E-state index contributed by atoms with van der Waals surface area (Å²) in [4.78, 5) is 32.7. The standard InChI is InChI=1S/C35H25ClF8N8O4S/c1-50-28-21(6-3-18(36)23(28)32(48-50)49-57(2,55)56)51-33(46-25-20(40)5-4-19(39)24(25)34(51)54)16(9-12-7-13(37)10-14(38)8-12)27(31(45)53)52-29-22(26(47-52)30(41)42)15-11-17(15)35(29,43)44/h3-8,10,15-17,27,30H,9,11H2,1-2H3,(H2,45,53)(H,48,49)/t15-,16-,17+,27?/m0/s1. The number of halogens is 9. The Morgan fingerprint density at radius 1 is 1.04 bits per heavy atom. The van der Waals surface area contributed by atoms with Gasteiger partial charge in [0, 0.05) is 24.6 Å². The molecule has 0 radical (unpaired) electrons. The summed E-state index contributed by atoms with van der Waals surface area (Å²) in [6, 6.07) is 3.29. The molecule has 1 fully saturated rings. The molecule has 1 saturated carbocycles. The molecule has 6 aromatic rings.